The molecule has 3 heterocycles. The van der Waals surface area contributed by atoms with Crippen LogP contribution in [-0.4, -0.2) is 55.6 Å². The van der Waals surface area contributed by atoms with E-state index in [2.05, 4.69) is 37.3 Å². The molecule has 2 atom stereocenters. The van der Waals surface area contributed by atoms with E-state index < -0.39 is 5.97 Å². The van der Waals surface area contributed by atoms with Crippen molar-refractivity contribution in [2.24, 2.45) is 5.92 Å². The molecule has 2 aromatic rings. The van der Waals surface area contributed by atoms with Gasteiger partial charge in [-0.25, -0.2) is 0 Å². The summed E-state index contributed by atoms with van der Waals surface area (Å²) in [4.78, 5) is 13.4. The first-order valence-corrected chi connectivity index (χ1v) is 7.63. The Morgan fingerprint density at radius 3 is 2.82 bits per heavy atom. The summed E-state index contributed by atoms with van der Waals surface area (Å²) >= 11 is 0. The highest BCUT2D eigenvalue weighted by Crippen LogP contribution is 2.33. The third kappa shape index (κ3) is 3.54. The van der Waals surface area contributed by atoms with Gasteiger partial charge in [-0.3, -0.25) is 4.79 Å². The molecule has 0 aromatic carbocycles. The van der Waals surface area contributed by atoms with Gasteiger partial charge in [0.15, 0.2) is 0 Å². The number of nitrogens with zero attached hydrogens (tertiary/aromatic N) is 4. The maximum atomic E-state index is 11.1. The second kappa shape index (κ2) is 6.74. The molecule has 2 aromatic heterocycles. The fraction of sp³-hybridized carbons (Fsp3) is 0.533. The third-order valence-electron chi connectivity index (χ3n) is 4.32. The molecule has 1 aliphatic rings. The van der Waals surface area contributed by atoms with Gasteiger partial charge in [0.1, 0.15) is 0 Å². The minimum Gasteiger partial charge on any atom is -0.481 e. The Labute approximate surface area is 128 Å². The zero-order chi connectivity index (χ0) is 15.4. The van der Waals surface area contributed by atoms with Gasteiger partial charge >= 0.3 is 5.97 Å². The molecule has 1 aliphatic heterocycles. The maximum Gasteiger partial charge on any atom is 0.303 e. The van der Waals surface area contributed by atoms with E-state index in [0.717, 1.165) is 38.3 Å². The molecule has 7 nitrogen and oxygen atoms in total. The van der Waals surface area contributed by atoms with Crippen molar-refractivity contribution in [2.75, 3.05) is 19.6 Å². The largest absolute Gasteiger partial charge is 0.481 e. The van der Waals surface area contributed by atoms with Crippen LogP contribution in [0.25, 0.3) is 0 Å². The lowest BCUT2D eigenvalue weighted by molar-refractivity contribution is -0.138. The van der Waals surface area contributed by atoms with Crippen LogP contribution in [0.1, 0.15) is 24.5 Å². The molecule has 0 radical (unpaired) electrons. The van der Waals surface area contributed by atoms with Gasteiger partial charge in [-0.2, -0.15) is 15.4 Å². The lowest BCUT2D eigenvalue weighted by Gasteiger charge is -2.15. The molecule has 2 N–H and O–H groups in total. The Hall–Kier alpha value is -2.15. The molecule has 0 unspecified atom stereocenters. The molecule has 0 saturated carbocycles. The number of aryl methyl sites for hydroxylation is 1. The lowest BCUT2D eigenvalue weighted by atomic mass is 9.91. The summed E-state index contributed by atoms with van der Waals surface area (Å²) in [5.41, 5.74) is 0.874. The average molecular weight is 303 g/mol. The average Bonchev–Trinajstić information content (AvgIpc) is 3.18. The van der Waals surface area contributed by atoms with E-state index in [1.54, 1.807) is 6.20 Å². The molecule has 1 fully saturated rings. The van der Waals surface area contributed by atoms with Crippen molar-refractivity contribution in [3.63, 3.8) is 0 Å². The second-order valence-corrected chi connectivity index (χ2v) is 5.89. The minimum absolute atomic E-state index is 0.106. The summed E-state index contributed by atoms with van der Waals surface area (Å²) in [6, 6.07) is 4.05. The van der Waals surface area contributed by atoms with E-state index in [9.17, 15) is 4.79 Å². The quantitative estimate of drug-likeness (QED) is 0.802. The Balaban J connectivity index is 1.56. The molecule has 3 rings (SSSR count). The standard InChI is InChI=1S/C15H21N5O2/c21-15(22)8-12-10-20(7-3-6-19-4-1-2-5-19)11-13(12)14-9-16-18-17-14/h1-2,4-5,9,12-13H,3,6-8,10-11H2,(H,21,22)(H,16,17,18)/t12-,13+/m0/s1. The number of carboxylic acid groups (broad SMARTS) is 1. The first-order valence-electron chi connectivity index (χ1n) is 7.63. The van der Waals surface area contributed by atoms with E-state index >= 15 is 0 Å². The van der Waals surface area contributed by atoms with Crippen molar-refractivity contribution in [1.29, 1.82) is 0 Å². The number of aromatic nitrogens is 4. The van der Waals surface area contributed by atoms with E-state index in [0.29, 0.717) is 0 Å². The fourth-order valence-corrected chi connectivity index (χ4v) is 3.29. The summed E-state index contributed by atoms with van der Waals surface area (Å²) in [5.74, 6) is -0.483. The molecule has 7 heteroatoms. The van der Waals surface area contributed by atoms with Crippen LogP contribution in [0, 0.1) is 5.92 Å². The second-order valence-electron chi connectivity index (χ2n) is 5.89. The van der Waals surface area contributed by atoms with Gasteiger partial charge < -0.3 is 14.6 Å². The normalized spacial score (nSPS) is 22.2. The Kier molecular flexibility index (Phi) is 4.53. The van der Waals surface area contributed by atoms with Crippen LogP contribution in [0.5, 0.6) is 0 Å². The third-order valence-corrected chi connectivity index (χ3v) is 4.32. The van der Waals surface area contributed by atoms with Gasteiger partial charge in [0.25, 0.3) is 0 Å². The number of hydrogen-bond acceptors (Lipinski definition) is 4. The van der Waals surface area contributed by atoms with Crippen molar-refractivity contribution in [2.45, 2.75) is 25.3 Å². The minimum atomic E-state index is -0.743. The zero-order valence-corrected chi connectivity index (χ0v) is 12.4. The van der Waals surface area contributed by atoms with Crippen LogP contribution in [0.15, 0.2) is 30.7 Å². The molecule has 22 heavy (non-hydrogen) atoms. The summed E-state index contributed by atoms with van der Waals surface area (Å²) in [5, 5.41) is 19.7. The van der Waals surface area contributed by atoms with E-state index in [1.165, 1.54) is 0 Å². The number of aliphatic carboxylic acids is 1. The summed E-state index contributed by atoms with van der Waals surface area (Å²) < 4.78 is 2.17. The van der Waals surface area contributed by atoms with Gasteiger partial charge in [0.2, 0.25) is 0 Å². The van der Waals surface area contributed by atoms with Crippen LogP contribution in [0.4, 0.5) is 0 Å². The maximum absolute atomic E-state index is 11.1. The van der Waals surface area contributed by atoms with E-state index in [4.69, 9.17) is 5.11 Å². The summed E-state index contributed by atoms with van der Waals surface area (Å²) in [7, 11) is 0. The topological polar surface area (TPSA) is 87.0 Å². The zero-order valence-electron chi connectivity index (χ0n) is 12.4. The van der Waals surface area contributed by atoms with Gasteiger partial charge in [0, 0.05) is 37.9 Å². The van der Waals surface area contributed by atoms with Gasteiger partial charge in [0.05, 0.1) is 18.3 Å². The van der Waals surface area contributed by atoms with Crippen LogP contribution in [-0.2, 0) is 11.3 Å². The fourth-order valence-electron chi connectivity index (χ4n) is 3.29. The Morgan fingerprint density at radius 1 is 1.32 bits per heavy atom. The van der Waals surface area contributed by atoms with Crippen molar-refractivity contribution in [1.82, 2.24) is 24.9 Å². The Morgan fingerprint density at radius 2 is 2.14 bits per heavy atom. The number of nitrogens with one attached hydrogen (secondary N) is 1. The van der Waals surface area contributed by atoms with Crippen LogP contribution in [0.2, 0.25) is 0 Å². The van der Waals surface area contributed by atoms with Crippen molar-refractivity contribution >= 4 is 5.97 Å². The molecule has 0 amide bonds. The number of rotatable bonds is 7. The number of aromatic amines is 1. The molecule has 118 valence electrons. The Bertz CT molecular complexity index is 581. The lowest BCUT2D eigenvalue weighted by Crippen LogP contribution is -2.23. The van der Waals surface area contributed by atoms with E-state index in [1.807, 2.05) is 12.1 Å². The number of carbonyl (C=O) groups is 1. The van der Waals surface area contributed by atoms with Crippen LogP contribution >= 0.6 is 0 Å². The molecule has 0 spiro atoms. The number of carboxylic acids is 1. The predicted molar refractivity (Wildman–Crippen MR) is 80.4 cm³/mol. The summed E-state index contributed by atoms with van der Waals surface area (Å²) in [6.45, 7) is 3.63. The predicted octanol–water partition coefficient (Wildman–Crippen LogP) is 1.19. The molecule has 1 saturated heterocycles. The monoisotopic (exact) mass is 303 g/mol. The van der Waals surface area contributed by atoms with Crippen molar-refractivity contribution in [3.8, 4) is 0 Å². The first kappa shape index (κ1) is 14.8. The molecular weight excluding hydrogens is 282 g/mol. The summed E-state index contributed by atoms with van der Waals surface area (Å²) in [6.07, 6.45) is 7.08. The highest BCUT2D eigenvalue weighted by Gasteiger charge is 2.36. The number of H-pyrrole nitrogens is 1. The van der Waals surface area contributed by atoms with Gasteiger partial charge in [-0.1, -0.05) is 0 Å². The number of likely N-dealkylation sites (tertiary alicyclic amines) is 1. The van der Waals surface area contributed by atoms with E-state index in [-0.39, 0.29) is 18.3 Å². The highest BCUT2D eigenvalue weighted by atomic mass is 16.4. The van der Waals surface area contributed by atoms with Crippen LogP contribution < -0.4 is 0 Å². The highest BCUT2D eigenvalue weighted by molar-refractivity contribution is 5.67. The molecular formula is C15H21N5O2. The molecule has 0 bridgehead atoms. The SMILES string of the molecule is O=C(O)C[C@H]1CN(CCCn2cccc2)C[C@H]1c1cn[nH]n1. The number of hydrogen-bond donors (Lipinski definition) is 2. The van der Waals surface area contributed by atoms with Gasteiger partial charge in [-0.15, -0.1) is 0 Å². The van der Waals surface area contributed by atoms with Crippen LogP contribution in [0.3, 0.4) is 0 Å². The van der Waals surface area contributed by atoms with Crippen molar-refractivity contribution in [3.05, 3.63) is 36.4 Å². The molecule has 0 aliphatic carbocycles. The van der Waals surface area contributed by atoms with Gasteiger partial charge in [-0.05, 0) is 31.0 Å². The first-order chi connectivity index (χ1) is 10.7. The van der Waals surface area contributed by atoms with Crippen molar-refractivity contribution < 1.29 is 9.90 Å². The smallest absolute Gasteiger partial charge is 0.303 e.